The first-order valence-electron chi connectivity index (χ1n) is 8.43. The molecule has 0 saturated carbocycles. The van der Waals surface area contributed by atoms with Crippen LogP contribution in [0.2, 0.25) is 0 Å². The standard InChI is InChI=1S/C18H22N2O3/c21-18(19-10-12-11-22-8-9-23-12)15-6-3-5-14-13-4-1-2-7-16(13)20-17(14)15/h3,5-6,12,20H,1-2,4,7-11H2,(H,19,21)/t12-/m1/s1. The molecule has 5 heteroatoms. The Hall–Kier alpha value is -1.85. The first-order chi connectivity index (χ1) is 11.3. The minimum Gasteiger partial charge on any atom is -0.376 e. The molecule has 0 unspecified atom stereocenters. The highest BCUT2D eigenvalue weighted by atomic mass is 16.6. The van der Waals surface area contributed by atoms with Gasteiger partial charge in [-0.15, -0.1) is 0 Å². The first kappa shape index (κ1) is 14.7. The van der Waals surface area contributed by atoms with Crippen molar-refractivity contribution in [2.45, 2.75) is 31.8 Å². The highest BCUT2D eigenvalue weighted by Gasteiger charge is 2.20. The summed E-state index contributed by atoms with van der Waals surface area (Å²) < 4.78 is 10.9. The van der Waals surface area contributed by atoms with Gasteiger partial charge < -0.3 is 19.8 Å². The normalized spacial score (nSPS) is 21.1. The molecule has 4 rings (SSSR count). The average molecular weight is 314 g/mol. The van der Waals surface area contributed by atoms with Crippen molar-refractivity contribution >= 4 is 16.8 Å². The number of ether oxygens (including phenoxy) is 2. The number of rotatable bonds is 3. The van der Waals surface area contributed by atoms with Gasteiger partial charge in [-0.1, -0.05) is 12.1 Å². The van der Waals surface area contributed by atoms with Gasteiger partial charge in [0.05, 0.1) is 37.0 Å². The topological polar surface area (TPSA) is 63.4 Å². The summed E-state index contributed by atoms with van der Waals surface area (Å²) in [7, 11) is 0. The molecule has 0 bridgehead atoms. The van der Waals surface area contributed by atoms with Crippen LogP contribution in [0.15, 0.2) is 18.2 Å². The molecule has 1 atom stereocenters. The van der Waals surface area contributed by atoms with Gasteiger partial charge in [-0.05, 0) is 37.3 Å². The minimum absolute atomic E-state index is 0.0521. The summed E-state index contributed by atoms with van der Waals surface area (Å²) in [6.45, 7) is 2.26. The number of aromatic nitrogens is 1. The van der Waals surface area contributed by atoms with Gasteiger partial charge >= 0.3 is 0 Å². The fourth-order valence-electron chi connectivity index (χ4n) is 3.58. The van der Waals surface area contributed by atoms with Gasteiger partial charge in [-0.3, -0.25) is 4.79 Å². The highest BCUT2D eigenvalue weighted by molar-refractivity contribution is 6.06. The Kier molecular flexibility index (Phi) is 4.06. The van der Waals surface area contributed by atoms with Crippen molar-refractivity contribution in [3.63, 3.8) is 0 Å². The Labute approximate surface area is 135 Å². The summed E-state index contributed by atoms with van der Waals surface area (Å²) in [5.74, 6) is -0.0524. The number of fused-ring (bicyclic) bond motifs is 3. The van der Waals surface area contributed by atoms with Crippen LogP contribution in [0.25, 0.3) is 10.9 Å². The Balaban J connectivity index is 1.55. The quantitative estimate of drug-likeness (QED) is 0.913. The molecule has 0 spiro atoms. The minimum atomic E-state index is -0.0524. The van der Waals surface area contributed by atoms with E-state index in [2.05, 4.69) is 16.4 Å². The van der Waals surface area contributed by atoms with Gasteiger partial charge in [0.15, 0.2) is 0 Å². The molecule has 1 amide bonds. The third-order valence-electron chi connectivity index (χ3n) is 4.75. The van der Waals surface area contributed by atoms with Crippen LogP contribution in [0.5, 0.6) is 0 Å². The summed E-state index contributed by atoms with van der Waals surface area (Å²) in [4.78, 5) is 16.1. The number of carbonyl (C=O) groups excluding carboxylic acids is 1. The van der Waals surface area contributed by atoms with Crippen LogP contribution in [-0.4, -0.2) is 43.4 Å². The van der Waals surface area contributed by atoms with E-state index in [9.17, 15) is 4.79 Å². The summed E-state index contributed by atoms with van der Waals surface area (Å²) >= 11 is 0. The lowest BCUT2D eigenvalue weighted by Gasteiger charge is -2.23. The predicted molar refractivity (Wildman–Crippen MR) is 87.8 cm³/mol. The molecule has 2 aliphatic rings. The monoisotopic (exact) mass is 314 g/mol. The fourth-order valence-corrected chi connectivity index (χ4v) is 3.58. The van der Waals surface area contributed by atoms with Crippen LogP contribution < -0.4 is 5.32 Å². The number of aryl methyl sites for hydroxylation is 2. The summed E-state index contributed by atoms with van der Waals surface area (Å²) in [6, 6.07) is 5.98. The molecule has 1 aromatic carbocycles. The zero-order valence-corrected chi connectivity index (χ0v) is 13.2. The molecule has 1 aliphatic carbocycles. The van der Waals surface area contributed by atoms with E-state index in [1.807, 2.05) is 12.1 Å². The highest BCUT2D eigenvalue weighted by Crippen LogP contribution is 2.30. The Morgan fingerprint density at radius 3 is 3.04 bits per heavy atom. The molecule has 5 nitrogen and oxygen atoms in total. The maximum absolute atomic E-state index is 12.6. The second-order valence-corrected chi connectivity index (χ2v) is 6.30. The molecule has 2 aromatic rings. The van der Waals surface area contributed by atoms with Crippen molar-refractivity contribution in [3.05, 3.63) is 35.0 Å². The molecular formula is C18H22N2O3. The summed E-state index contributed by atoms with van der Waals surface area (Å²) in [6.07, 6.45) is 4.59. The molecule has 0 radical (unpaired) electrons. The van der Waals surface area contributed by atoms with Gasteiger partial charge in [-0.2, -0.15) is 0 Å². The van der Waals surface area contributed by atoms with Gasteiger partial charge in [-0.25, -0.2) is 0 Å². The number of para-hydroxylation sites is 1. The van der Waals surface area contributed by atoms with Gasteiger partial charge in [0.1, 0.15) is 0 Å². The zero-order chi connectivity index (χ0) is 15.6. The number of H-pyrrole nitrogens is 1. The lowest BCUT2D eigenvalue weighted by Crippen LogP contribution is -2.39. The van der Waals surface area contributed by atoms with Crippen LogP contribution in [0.3, 0.4) is 0 Å². The van der Waals surface area contributed by atoms with Crippen molar-refractivity contribution in [3.8, 4) is 0 Å². The molecule has 1 saturated heterocycles. The van der Waals surface area contributed by atoms with Crippen LogP contribution in [-0.2, 0) is 22.3 Å². The van der Waals surface area contributed by atoms with E-state index in [0.717, 1.165) is 18.4 Å². The van der Waals surface area contributed by atoms with E-state index in [0.29, 0.717) is 31.9 Å². The SMILES string of the molecule is O=C(NC[C@@H]1COCCO1)c1cccc2c3c([nH]c12)CCCC3. The number of nitrogens with one attached hydrogen (secondary N) is 2. The molecule has 1 fully saturated rings. The average Bonchev–Trinajstić information content (AvgIpc) is 2.99. The molecule has 2 heterocycles. The molecular weight excluding hydrogens is 292 g/mol. The van der Waals surface area contributed by atoms with E-state index >= 15 is 0 Å². The van der Waals surface area contributed by atoms with E-state index < -0.39 is 0 Å². The number of carbonyl (C=O) groups is 1. The smallest absolute Gasteiger partial charge is 0.253 e. The van der Waals surface area contributed by atoms with E-state index in [-0.39, 0.29) is 12.0 Å². The molecule has 1 aliphatic heterocycles. The van der Waals surface area contributed by atoms with Gasteiger partial charge in [0, 0.05) is 17.6 Å². The molecule has 1 aromatic heterocycles. The van der Waals surface area contributed by atoms with E-state index in [1.54, 1.807) is 0 Å². The lowest BCUT2D eigenvalue weighted by atomic mass is 9.95. The lowest BCUT2D eigenvalue weighted by molar-refractivity contribution is -0.0855. The van der Waals surface area contributed by atoms with Crippen LogP contribution in [0, 0.1) is 0 Å². The van der Waals surface area contributed by atoms with Crippen molar-refractivity contribution in [2.24, 2.45) is 0 Å². The first-order valence-corrected chi connectivity index (χ1v) is 8.43. The van der Waals surface area contributed by atoms with Crippen molar-refractivity contribution in [2.75, 3.05) is 26.4 Å². The third-order valence-corrected chi connectivity index (χ3v) is 4.75. The fraction of sp³-hybridized carbons (Fsp3) is 0.500. The number of aromatic amines is 1. The molecule has 122 valence electrons. The van der Waals surface area contributed by atoms with Crippen LogP contribution in [0.4, 0.5) is 0 Å². The van der Waals surface area contributed by atoms with Crippen molar-refractivity contribution in [1.82, 2.24) is 10.3 Å². The second kappa shape index (κ2) is 6.34. The Morgan fingerprint density at radius 1 is 1.26 bits per heavy atom. The largest absolute Gasteiger partial charge is 0.376 e. The van der Waals surface area contributed by atoms with Crippen molar-refractivity contribution < 1.29 is 14.3 Å². The zero-order valence-electron chi connectivity index (χ0n) is 13.2. The molecule has 23 heavy (non-hydrogen) atoms. The number of hydrogen-bond acceptors (Lipinski definition) is 3. The number of amides is 1. The second-order valence-electron chi connectivity index (χ2n) is 6.30. The van der Waals surface area contributed by atoms with E-state index in [4.69, 9.17) is 9.47 Å². The van der Waals surface area contributed by atoms with E-state index in [1.165, 1.54) is 29.5 Å². The number of benzene rings is 1. The van der Waals surface area contributed by atoms with Gasteiger partial charge in [0.25, 0.3) is 5.91 Å². The molecule has 2 N–H and O–H groups in total. The van der Waals surface area contributed by atoms with Crippen molar-refractivity contribution in [1.29, 1.82) is 0 Å². The van der Waals surface area contributed by atoms with Gasteiger partial charge in [0.2, 0.25) is 0 Å². The maximum Gasteiger partial charge on any atom is 0.253 e. The van der Waals surface area contributed by atoms with Crippen LogP contribution in [0.1, 0.15) is 34.5 Å². The Morgan fingerprint density at radius 2 is 2.17 bits per heavy atom. The predicted octanol–water partition coefficient (Wildman–Crippen LogP) is 2.19. The maximum atomic E-state index is 12.6. The van der Waals surface area contributed by atoms with Crippen LogP contribution >= 0.6 is 0 Å². The summed E-state index contributed by atoms with van der Waals surface area (Å²) in [5.41, 5.74) is 4.38. The summed E-state index contributed by atoms with van der Waals surface area (Å²) in [5, 5.41) is 4.18. The third kappa shape index (κ3) is 2.86. The number of hydrogen-bond donors (Lipinski definition) is 2. The Bertz CT molecular complexity index is 716.